The molecule has 1 aromatic carbocycles. The van der Waals surface area contributed by atoms with Crippen LogP contribution in [0.25, 0.3) is 0 Å². The van der Waals surface area contributed by atoms with Crippen molar-refractivity contribution >= 4 is 27.9 Å². The number of nitrogens with zero attached hydrogens (tertiary/aromatic N) is 2. The SMILES string of the molecule is CCC1(c2ccc(Br)cc2)NC(=O)N(CC#N)C1=O. The third kappa shape index (κ3) is 2.10. The van der Waals surface area contributed by atoms with E-state index < -0.39 is 11.6 Å². The molecule has 3 amide bonds. The van der Waals surface area contributed by atoms with Crippen LogP contribution in [0.3, 0.4) is 0 Å². The van der Waals surface area contributed by atoms with Crippen LogP contribution >= 0.6 is 15.9 Å². The number of carbonyl (C=O) groups excluding carboxylic acids is 2. The minimum absolute atomic E-state index is 0.233. The summed E-state index contributed by atoms with van der Waals surface area (Å²) in [6, 6.07) is 8.54. The van der Waals surface area contributed by atoms with Gasteiger partial charge in [-0.25, -0.2) is 9.69 Å². The number of benzene rings is 1. The van der Waals surface area contributed by atoms with E-state index in [4.69, 9.17) is 5.26 Å². The Morgan fingerprint density at radius 1 is 1.37 bits per heavy atom. The lowest BCUT2D eigenvalue weighted by molar-refractivity contribution is -0.131. The smallest absolute Gasteiger partial charge is 0.319 e. The van der Waals surface area contributed by atoms with Crippen LogP contribution in [-0.2, 0) is 10.3 Å². The monoisotopic (exact) mass is 321 g/mol. The molecule has 0 aliphatic carbocycles. The van der Waals surface area contributed by atoms with Gasteiger partial charge >= 0.3 is 6.03 Å². The van der Waals surface area contributed by atoms with E-state index in [2.05, 4.69) is 21.2 Å². The molecule has 0 aromatic heterocycles. The van der Waals surface area contributed by atoms with Crippen molar-refractivity contribution in [3.05, 3.63) is 34.3 Å². The summed E-state index contributed by atoms with van der Waals surface area (Å²) in [6.45, 7) is 1.60. The molecular formula is C13H12BrN3O2. The first-order valence-electron chi connectivity index (χ1n) is 5.82. The van der Waals surface area contributed by atoms with E-state index in [1.54, 1.807) is 12.1 Å². The molecule has 0 bridgehead atoms. The fourth-order valence-electron chi connectivity index (χ4n) is 2.21. The van der Waals surface area contributed by atoms with E-state index in [9.17, 15) is 9.59 Å². The molecule has 5 nitrogen and oxygen atoms in total. The van der Waals surface area contributed by atoms with Gasteiger partial charge in [-0.15, -0.1) is 0 Å². The van der Waals surface area contributed by atoms with Gasteiger partial charge in [0.25, 0.3) is 5.91 Å². The third-order valence-corrected chi connectivity index (χ3v) is 3.80. The van der Waals surface area contributed by atoms with Crippen molar-refractivity contribution in [2.24, 2.45) is 0 Å². The van der Waals surface area contributed by atoms with Gasteiger partial charge < -0.3 is 5.32 Å². The predicted octanol–water partition coefficient (Wildman–Crippen LogP) is 2.13. The van der Waals surface area contributed by atoms with E-state index in [0.29, 0.717) is 6.42 Å². The molecule has 2 rings (SSSR count). The maximum absolute atomic E-state index is 12.4. The summed E-state index contributed by atoms with van der Waals surface area (Å²) in [5.74, 6) is -0.371. The lowest BCUT2D eigenvalue weighted by Crippen LogP contribution is -2.43. The molecule has 19 heavy (non-hydrogen) atoms. The number of imide groups is 1. The van der Waals surface area contributed by atoms with Gasteiger partial charge in [-0.05, 0) is 24.1 Å². The Kier molecular flexibility index (Phi) is 3.58. The summed E-state index contributed by atoms with van der Waals surface area (Å²) >= 11 is 3.33. The number of hydrogen-bond acceptors (Lipinski definition) is 3. The van der Waals surface area contributed by atoms with Crippen LogP contribution in [0.4, 0.5) is 4.79 Å². The Hall–Kier alpha value is -1.87. The maximum atomic E-state index is 12.4. The second-order valence-electron chi connectivity index (χ2n) is 4.25. The Labute approximate surface area is 119 Å². The molecule has 0 radical (unpaired) electrons. The zero-order valence-corrected chi connectivity index (χ0v) is 11.9. The standard InChI is InChI=1S/C13H12BrN3O2/c1-2-13(9-3-5-10(14)6-4-9)11(18)17(8-7-15)12(19)16-13/h3-6H,2,8H2,1H3,(H,16,19). The quantitative estimate of drug-likeness (QED) is 0.684. The number of halogens is 1. The molecule has 1 saturated heterocycles. The molecule has 98 valence electrons. The van der Waals surface area contributed by atoms with Crippen LogP contribution in [0, 0.1) is 11.3 Å². The average Bonchev–Trinajstić information content (AvgIpc) is 2.65. The van der Waals surface area contributed by atoms with Crippen molar-refractivity contribution in [1.29, 1.82) is 5.26 Å². The first kappa shape index (κ1) is 13.6. The number of nitriles is 1. The zero-order chi connectivity index (χ0) is 14.0. The fraction of sp³-hybridized carbons (Fsp3) is 0.308. The molecule has 1 heterocycles. The summed E-state index contributed by atoms with van der Waals surface area (Å²) in [4.78, 5) is 25.2. The molecule has 6 heteroatoms. The molecule has 1 unspecified atom stereocenters. The largest absolute Gasteiger partial charge is 0.326 e. The van der Waals surface area contributed by atoms with Crippen molar-refractivity contribution in [3.63, 3.8) is 0 Å². The average molecular weight is 322 g/mol. The van der Waals surface area contributed by atoms with Gasteiger partial charge in [-0.1, -0.05) is 35.0 Å². The maximum Gasteiger partial charge on any atom is 0.326 e. The summed E-state index contributed by atoms with van der Waals surface area (Å²) in [5.41, 5.74) is -0.341. The van der Waals surface area contributed by atoms with E-state index in [0.717, 1.165) is 14.9 Å². The molecule has 1 N–H and O–H groups in total. The van der Waals surface area contributed by atoms with Gasteiger partial charge in [0.1, 0.15) is 12.1 Å². The summed E-state index contributed by atoms with van der Waals surface area (Å²) in [6.07, 6.45) is 0.432. The molecule has 0 saturated carbocycles. The number of amides is 3. The Balaban J connectivity index is 2.45. The lowest BCUT2D eigenvalue weighted by atomic mass is 9.87. The topological polar surface area (TPSA) is 73.2 Å². The minimum atomic E-state index is -1.06. The van der Waals surface area contributed by atoms with Crippen LogP contribution in [0.1, 0.15) is 18.9 Å². The first-order valence-corrected chi connectivity index (χ1v) is 6.61. The molecule has 1 aromatic rings. The van der Waals surface area contributed by atoms with Gasteiger partial charge in [-0.2, -0.15) is 5.26 Å². The molecule has 1 atom stereocenters. The molecular weight excluding hydrogens is 310 g/mol. The highest BCUT2D eigenvalue weighted by Gasteiger charge is 2.51. The second kappa shape index (κ2) is 5.02. The molecule has 1 aliphatic rings. The van der Waals surface area contributed by atoms with Crippen LogP contribution < -0.4 is 5.32 Å². The number of carbonyl (C=O) groups is 2. The Morgan fingerprint density at radius 3 is 2.53 bits per heavy atom. The summed E-state index contributed by atoms with van der Waals surface area (Å²) in [5, 5.41) is 11.4. The molecule has 1 aliphatic heterocycles. The van der Waals surface area contributed by atoms with Crippen LogP contribution in [-0.4, -0.2) is 23.4 Å². The lowest BCUT2D eigenvalue weighted by Gasteiger charge is -2.25. The van der Waals surface area contributed by atoms with Crippen LogP contribution in [0.5, 0.6) is 0 Å². The first-order chi connectivity index (χ1) is 9.05. The van der Waals surface area contributed by atoms with E-state index in [-0.39, 0.29) is 12.5 Å². The van der Waals surface area contributed by atoms with Gasteiger partial charge in [-0.3, -0.25) is 4.79 Å². The van der Waals surface area contributed by atoms with E-state index in [1.807, 2.05) is 25.1 Å². The van der Waals surface area contributed by atoms with Gasteiger partial charge in [0.15, 0.2) is 0 Å². The van der Waals surface area contributed by atoms with Crippen molar-refractivity contribution < 1.29 is 9.59 Å². The van der Waals surface area contributed by atoms with Crippen molar-refractivity contribution in [2.75, 3.05) is 6.54 Å². The Morgan fingerprint density at radius 2 is 2.00 bits per heavy atom. The van der Waals surface area contributed by atoms with Crippen molar-refractivity contribution in [1.82, 2.24) is 10.2 Å². The highest BCUT2D eigenvalue weighted by atomic mass is 79.9. The predicted molar refractivity (Wildman–Crippen MR) is 72.0 cm³/mol. The van der Waals surface area contributed by atoms with Gasteiger partial charge in [0, 0.05) is 4.47 Å². The van der Waals surface area contributed by atoms with Gasteiger partial charge in [0.05, 0.1) is 6.07 Å². The molecule has 0 spiro atoms. The minimum Gasteiger partial charge on any atom is -0.319 e. The van der Waals surface area contributed by atoms with Crippen molar-refractivity contribution in [3.8, 4) is 6.07 Å². The number of nitrogens with one attached hydrogen (secondary N) is 1. The highest BCUT2D eigenvalue weighted by molar-refractivity contribution is 9.10. The number of hydrogen-bond donors (Lipinski definition) is 1. The van der Waals surface area contributed by atoms with E-state index >= 15 is 0 Å². The van der Waals surface area contributed by atoms with Gasteiger partial charge in [0.2, 0.25) is 0 Å². The second-order valence-corrected chi connectivity index (χ2v) is 5.16. The number of urea groups is 1. The third-order valence-electron chi connectivity index (χ3n) is 3.27. The van der Waals surface area contributed by atoms with Crippen molar-refractivity contribution in [2.45, 2.75) is 18.9 Å². The molecule has 1 fully saturated rings. The van der Waals surface area contributed by atoms with Crippen LogP contribution in [0.15, 0.2) is 28.7 Å². The number of rotatable bonds is 3. The normalized spacial score (nSPS) is 22.3. The summed E-state index contributed by atoms with van der Waals surface area (Å²) in [7, 11) is 0. The fourth-order valence-corrected chi connectivity index (χ4v) is 2.48. The highest BCUT2D eigenvalue weighted by Crippen LogP contribution is 2.32. The summed E-state index contributed by atoms with van der Waals surface area (Å²) < 4.78 is 0.896. The zero-order valence-electron chi connectivity index (χ0n) is 10.3. The van der Waals surface area contributed by atoms with Crippen LogP contribution in [0.2, 0.25) is 0 Å². The van der Waals surface area contributed by atoms with E-state index in [1.165, 1.54) is 0 Å². The Bertz CT molecular complexity index is 564.